The largest absolute Gasteiger partial charge is 0.346 e. The van der Waals surface area contributed by atoms with Crippen molar-refractivity contribution in [3.63, 3.8) is 0 Å². The Morgan fingerprint density at radius 1 is 0.929 bits per heavy atom. The molecule has 2 aromatic rings. The van der Waals surface area contributed by atoms with Crippen LogP contribution < -0.4 is 0 Å². The Morgan fingerprint density at radius 3 is 2.29 bits per heavy atom. The van der Waals surface area contributed by atoms with Crippen molar-refractivity contribution >= 4 is 35.7 Å². The van der Waals surface area contributed by atoms with Crippen LogP contribution in [-0.4, -0.2) is 40.5 Å². The molecule has 0 spiro atoms. The number of hydrogen-bond donors (Lipinski definition) is 0. The highest BCUT2D eigenvalue weighted by Crippen LogP contribution is 2.30. The third-order valence-electron chi connectivity index (χ3n) is 6.77. The SMILES string of the molecule is CN(Cc1c(CN2CCCCC2)c2ccccc2n1C)C1CCCCC1.Cl.Cl. The molecule has 5 heteroatoms. The van der Waals surface area contributed by atoms with E-state index in [0.717, 1.165) is 19.1 Å². The smallest absolute Gasteiger partial charge is 0.0483 e. The van der Waals surface area contributed by atoms with Gasteiger partial charge in [-0.05, 0) is 57.5 Å². The fraction of sp³-hybridized carbons (Fsp3) is 0.652. The predicted molar refractivity (Wildman–Crippen MR) is 125 cm³/mol. The number of aromatic nitrogens is 1. The average Bonchev–Trinajstić information content (AvgIpc) is 2.95. The quantitative estimate of drug-likeness (QED) is 0.601. The Labute approximate surface area is 183 Å². The van der Waals surface area contributed by atoms with Gasteiger partial charge in [-0.2, -0.15) is 0 Å². The van der Waals surface area contributed by atoms with Gasteiger partial charge in [0, 0.05) is 42.8 Å². The molecule has 0 amide bonds. The minimum absolute atomic E-state index is 0. The molecule has 3 nitrogen and oxygen atoms in total. The van der Waals surface area contributed by atoms with Gasteiger partial charge in [-0.1, -0.05) is 43.9 Å². The van der Waals surface area contributed by atoms with Gasteiger partial charge in [-0.15, -0.1) is 24.8 Å². The zero-order chi connectivity index (χ0) is 17.9. The second-order valence-electron chi connectivity index (χ2n) is 8.55. The molecule has 2 aliphatic rings. The standard InChI is InChI=1S/C23H35N3.2ClH/c1-24(19-11-5-3-6-12-19)18-23-21(17-26-15-9-4-10-16-26)20-13-7-8-14-22(20)25(23)2;;/h7-8,13-14,19H,3-6,9-12,15-18H2,1-2H3;2*1H. The Balaban J connectivity index is 0.00000140. The summed E-state index contributed by atoms with van der Waals surface area (Å²) in [4.78, 5) is 5.31. The first-order chi connectivity index (χ1) is 12.7. The first-order valence-electron chi connectivity index (χ1n) is 10.7. The molecule has 1 aromatic carbocycles. The number of para-hydroxylation sites is 1. The molecular formula is C23H37Cl2N3. The summed E-state index contributed by atoms with van der Waals surface area (Å²) in [6.07, 6.45) is 11.1. The molecule has 0 bridgehead atoms. The number of fused-ring (bicyclic) bond motifs is 1. The topological polar surface area (TPSA) is 11.4 Å². The third-order valence-corrected chi connectivity index (χ3v) is 6.77. The number of likely N-dealkylation sites (tertiary alicyclic amines) is 1. The average molecular weight is 426 g/mol. The van der Waals surface area contributed by atoms with E-state index in [-0.39, 0.29) is 24.8 Å². The molecular weight excluding hydrogens is 389 g/mol. The summed E-state index contributed by atoms with van der Waals surface area (Å²) in [5, 5.41) is 1.47. The maximum Gasteiger partial charge on any atom is 0.0483 e. The van der Waals surface area contributed by atoms with Gasteiger partial charge in [0.25, 0.3) is 0 Å². The van der Waals surface area contributed by atoms with E-state index >= 15 is 0 Å². The molecule has 28 heavy (non-hydrogen) atoms. The zero-order valence-corrected chi connectivity index (χ0v) is 19.2. The summed E-state index contributed by atoms with van der Waals surface area (Å²) >= 11 is 0. The first kappa shape index (κ1) is 23.5. The maximum absolute atomic E-state index is 2.68. The first-order valence-corrected chi connectivity index (χ1v) is 10.7. The monoisotopic (exact) mass is 425 g/mol. The molecule has 0 unspecified atom stereocenters. The third kappa shape index (κ3) is 5.05. The van der Waals surface area contributed by atoms with Crippen LogP contribution in [0.2, 0.25) is 0 Å². The molecule has 1 aromatic heterocycles. The number of piperidine rings is 1. The van der Waals surface area contributed by atoms with Crippen molar-refractivity contribution in [2.45, 2.75) is 70.5 Å². The zero-order valence-electron chi connectivity index (χ0n) is 17.5. The molecule has 1 saturated carbocycles. The van der Waals surface area contributed by atoms with E-state index in [9.17, 15) is 0 Å². The summed E-state index contributed by atoms with van der Waals surface area (Å²) < 4.78 is 2.47. The molecule has 0 atom stereocenters. The second kappa shape index (κ2) is 10.9. The van der Waals surface area contributed by atoms with Crippen LogP contribution in [0.3, 0.4) is 0 Å². The molecule has 1 saturated heterocycles. The lowest BCUT2D eigenvalue weighted by atomic mass is 9.94. The van der Waals surface area contributed by atoms with Crippen molar-refractivity contribution in [3.05, 3.63) is 35.5 Å². The van der Waals surface area contributed by atoms with Gasteiger partial charge >= 0.3 is 0 Å². The molecule has 158 valence electrons. The van der Waals surface area contributed by atoms with Crippen LogP contribution in [0.4, 0.5) is 0 Å². The van der Waals surface area contributed by atoms with Crippen LogP contribution in [0.1, 0.15) is 62.6 Å². The van der Waals surface area contributed by atoms with Gasteiger partial charge in [-0.25, -0.2) is 0 Å². The Bertz CT molecular complexity index is 731. The number of benzene rings is 1. The van der Waals surface area contributed by atoms with Crippen molar-refractivity contribution in [1.29, 1.82) is 0 Å². The van der Waals surface area contributed by atoms with Crippen LogP contribution in [-0.2, 0) is 20.1 Å². The Hall–Kier alpha value is -0.740. The van der Waals surface area contributed by atoms with Crippen LogP contribution >= 0.6 is 24.8 Å². The molecule has 4 rings (SSSR count). The van der Waals surface area contributed by atoms with Crippen LogP contribution in [0, 0.1) is 0 Å². The highest BCUT2D eigenvalue weighted by molar-refractivity contribution is 5.86. The lowest BCUT2D eigenvalue weighted by Gasteiger charge is -2.32. The van der Waals surface area contributed by atoms with Crippen molar-refractivity contribution in [2.24, 2.45) is 7.05 Å². The fourth-order valence-corrected chi connectivity index (χ4v) is 5.13. The summed E-state index contributed by atoms with van der Waals surface area (Å²) in [6, 6.07) is 9.78. The molecule has 1 aliphatic heterocycles. The second-order valence-corrected chi connectivity index (χ2v) is 8.55. The van der Waals surface area contributed by atoms with Gasteiger partial charge < -0.3 is 4.57 Å². The van der Waals surface area contributed by atoms with Crippen molar-refractivity contribution in [3.8, 4) is 0 Å². The summed E-state index contributed by atoms with van der Waals surface area (Å²) in [6.45, 7) is 4.73. The van der Waals surface area contributed by atoms with Gasteiger partial charge in [-0.3, -0.25) is 9.80 Å². The fourth-order valence-electron chi connectivity index (χ4n) is 5.13. The Morgan fingerprint density at radius 2 is 1.57 bits per heavy atom. The summed E-state index contributed by atoms with van der Waals surface area (Å²) in [7, 11) is 4.62. The van der Waals surface area contributed by atoms with Gasteiger partial charge in [0.15, 0.2) is 0 Å². The Kier molecular flexibility index (Phi) is 9.14. The molecule has 2 heterocycles. The predicted octanol–water partition coefficient (Wildman–Crippen LogP) is 5.77. The van der Waals surface area contributed by atoms with Crippen molar-refractivity contribution < 1.29 is 0 Å². The van der Waals surface area contributed by atoms with E-state index < -0.39 is 0 Å². The number of aryl methyl sites for hydroxylation is 1. The molecule has 0 radical (unpaired) electrons. The molecule has 2 fully saturated rings. The van der Waals surface area contributed by atoms with Gasteiger partial charge in [0.1, 0.15) is 0 Å². The molecule has 0 N–H and O–H groups in total. The number of hydrogen-bond acceptors (Lipinski definition) is 2. The highest BCUT2D eigenvalue weighted by Gasteiger charge is 2.23. The van der Waals surface area contributed by atoms with Crippen molar-refractivity contribution in [1.82, 2.24) is 14.4 Å². The van der Waals surface area contributed by atoms with Crippen molar-refractivity contribution in [2.75, 3.05) is 20.1 Å². The van der Waals surface area contributed by atoms with Gasteiger partial charge in [0.05, 0.1) is 0 Å². The van der Waals surface area contributed by atoms with E-state index in [4.69, 9.17) is 0 Å². The molecule has 1 aliphatic carbocycles. The lowest BCUT2D eigenvalue weighted by Crippen LogP contribution is -2.34. The number of nitrogens with zero attached hydrogens (tertiary/aromatic N) is 3. The van der Waals surface area contributed by atoms with Gasteiger partial charge in [0.2, 0.25) is 0 Å². The maximum atomic E-state index is 2.68. The number of halogens is 2. The van der Waals surface area contributed by atoms with E-state index in [2.05, 4.69) is 52.7 Å². The van der Waals surface area contributed by atoms with E-state index in [1.54, 1.807) is 5.56 Å². The minimum atomic E-state index is 0. The van der Waals surface area contributed by atoms with Crippen LogP contribution in [0.15, 0.2) is 24.3 Å². The van der Waals surface area contributed by atoms with Crippen LogP contribution in [0.5, 0.6) is 0 Å². The van der Waals surface area contributed by atoms with E-state index in [1.807, 2.05) is 0 Å². The summed E-state index contributed by atoms with van der Waals surface area (Å²) in [5.74, 6) is 0. The van der Waals surface area contributed by atoms with E-state index in [1.165, 1.54) is 81.1 Å². The summed E-state index contributed by atoms with van der Waals surface area (Å²) in [5.41, 5.74) is 4.50. The highest BCUT2D eigenvalue weighted by atomic mass is 35.5. The van der Waals surface area contributed by atoms with E-state index in [0.29, 0.717) is 0 Å². The lowest BCUT2D eigenvalue weighted by molar-refractivity contribution is 0.179. The normalized spacial score (nSPS) is 18.8. The minimum Gasteiger partial charge on any atom is -0.346 e. The number of rotatable bonds is 5. The van der Waals surface area contributed by atoms with Crippen LogP contribution in [0.25, 0.3) is 10.9 Å².